The highest BCUT2D eigenvalue weighted by Crippen LogP contribution is 2.27. The summed E-state index contributed by atoms with van der Waals surface area (Å²) in [6, 6.07) is 10.2. The van der Waals surface area contributed by atoms with Crippen LogP contribution < -0.4 is 4.74 Å². The fraction of sp³-hybridized carbons (Fsp3) is 0.727. The molecule has 0 aromatic heterocycles. The number of hydrogen-bond donors (Lipinski definition) is 0. The third kappa shape index (κ3) is 11.9. The van der Waals surface area contributed by atoms with Crippen LogP contribution >= 0.6 is 24.4 Å². The number of ether oxygens (including phenoxy) is 1. The minimum absolute atomic E-state index is 0.150. The van der Waals surface area contributed by atoms with E-state index in [2.05, 4.69) is 13.8 Å². The van der Waals surface area contributed by atoms with Gasteiger partial charge in [-0.1, -0.05) is 96.0 Å². The van der Waals surface area contributed by atoms with Crippen molar-refractivity contribution in [3.63, 3.8) is 0 Å². The van der Waals surface area contributed by atoms with Gasteiger partial charge in [0, 0.05) is 0 Å². The molecule has 3 heteroatoms. The van der Waals surface area contributed by atoms with Gasteiger partial charge in [0.05, 0.1) is 4.58 Å². The number of unbranched alkanes of at least 4 members (excludes halogenated alkanes) is 8. The van der Waals surface area contributed by atoms with Crippen molar-refractivity contribution in [3.8, 4) is 5.75 Å². The van der Waals surface area contributed by atoms with Gasteiger partial charge in [0.25, 0.3) is 0 Å². The second-order valence-electron chi connectivity index (χ2n) is 6.83. The molecule has 0 spiro atoms. The van der Waals surface area contributed by atoms with Crippen LogP contribution in [0.4, 0.5) is 0 Å². The molecule has 0 aliphatic carbocycles. The van der Waals surface area contributed by atoms with Gasteiger partial charge < -0.3 is 4.74 Å². The summed E-state index contributed by atoms with van der Waals surface area (Å²) in [7, 11) is 0. The summed E-state index contributed by atoms with van der Waals surface area (Å²) in [4.78, 5) is 0. The van der Waals surface area contributed by atoms with Crippen LogP contribution in [0.2, 0.25) is 0 Å². The van der Waals surface area contributed by atoms with Gasteiger partial charge in [-0.25, -0.2) is 0 Å². The lowest BCUT2D eigenvalue weighted by Crippen LogP contribution is -2.26. The highest BCUT2D eigenvalue weighted by atomic mass is 32.2. The highest BCUT2D eigenvalue weighted by Gasteiger charge is 2.20. The molecule has 0 aliphatic rings. The predicted octanol–water partition coefficient (Wildman–Crippen LogP) is 8.02. The second kappa shape index (κ2) is 15.9. The van der Waals surface area contributed by atoms with Crippen molar-refractivity contribution in [2.24, 2.45) is 0 Å². The highest BCUT2D eigenvalue weighted by molar-refractivity contribution is 8.10. The molecule has 1 aromatic rings. The quantitative estimate of drug-likeness (QED) is 0.268. The molecule has 1 nitrogen and oxygen atoms in total. The average Bonchev–Trinajstić information content (AvgIpc) is 2.64. The van der Waals surface area contributed by atoms with Gasteiger partial charge in [0.1, 0.15) is 11.9 Å². The van der Waals surface area contributed by atoms with Gasteiger partial charge in [-0.15, -0.1) is 11.8 Å². The van der Waals surface area contributed by atoms with Crippen molar-refractivity contribution in [2.45, 2.75) is 95.2 Å². The zero-order valence-electron chi connectivity index (χ0n) is 16.3. The van der Waals surface area contributed by atoms with Crippen LogP contribution in [0.3, 0.4) is 0 Å². The molecule has 2 unspecified atom stereocenters. The monoisotopic (exact) mass is 381 g/mol. The second-order valence-corrected chi connectivity index (χ2v) is 8.88. The maximum Gasteiger partial charge on any atom is 0.120 e. The SMILES string of the molecule is CCCCCCCCSC([S])C(CCCCCC)Oc1ccccc1. The summed E-state index contributed by atoms with van der Waals surface area (Å²) < 4.78 is 6.39. The van der Waals surface area contributed by atoms with Crippen LogP contribution in [0, 0.1) is 0 Å². The number of hydrogen-bond acceptors (Lipinski definition) is 2. The van der Waals surface area contributed by atoms with E-state index >= 15 is 0 Å². The Morgan fingerprint density at radius 2 is 1.44 bits per heavy atom. The summed E-state index contributed by atoms with van der Waals surface area (Å²) in [6.07, 6.45) is 14.4. The maximum atomic E-state index is 6.24. The Kier molecular flexibility index (Phi) is 14.5. The molecule has 0 fully saturated rings. The van der Waals surface area contributed by atoms with E-state index in [9.17, 15) is 0 Å². The van der Waals surface area contributed by atoms with Crippen LogP contribution in [0.1, 0.15) is 84.5 Å². The van der Waals surface area contributed by atoms with Crippen molar-refractivity contribution in [1.29, 1.82) is 0 Å². The molecule has 0 N–H and O–H groups in total. The van der Waals surface area contributed by atoms with Crippen LogP contribution in [-0.2, 0) is 0 Å². The molecule has 1 rings (SSSR count). The van der Waals surface area contributed by atoms with E-state index < -0.39 is 0 Å². The van der Waals surface area contributed by atoms with E-state index in [1.807, 2.05) is 42.1 Å². The summed E-state index contributed by atoms with van der Waals surface area (Å²) >= 11 is 7.71. The van der Waals surface area contributed by atoms with Crippen molar-refractivity contribution < 1.29 is 4.74 Å². The van der Waals surface area contributed by atoms with Crippen LogP contribution in [0.15, 0.2) is 30.3 Å². The Bertz CT molecular complexity index is 396. The lowest BCUT2D eigenvalue weighted by Gasteiger charge is -2.24. The maximum absolute atomic E-state index is 6.24. The first-order chi connectivity index (χ1) is 12.3. The molecule has 2 atom stereocenters. The first-order valence-electron chi connectivity index (χ1n) is 10.3. The van der Waals surface area contributed by atoms with Crippen molar-refractivity contribution in [1.82, 2.24) is 0 Å². The fourth-order valence-electron chi connectivity index (χ4n) is 2.89. The fourth-order valence-corrected chi connectivity index (χ4v) is 4.38. The van der Waals surface area contributed by atoms with E-state index in [1.165, 1.54) is 70.0 Å². The Labute approximate surface area is 166 Å². The third-order valence-electron chi connectivity index (χ3n) is 4.46. The third-order valence-corrected chi connectivity index (χ3v) is 6.32. The predicted molar refractivity (Wildman–Crippen MR) is 117 cm³/mol. The molecular weight excluding hydrogens is 344 g/mol. The van der Waals surface area contributed by atoms with Gasteiger partial charge in [0.15, 0.2) is 0 Å². The molecule has 0 saturated carbocycles. The average molecular weight is 382 g/mol. The van der Waals surface area contributed by atoms with E-state index in [4.69, 9.17) is 17.4 Å². The smallest absolute Gasteiger partial charge is 0.120 e. The van der Waals surface area contributed by atoms with Crippen LogP contribution in [0.25, 0.3) is 0 Å². The number of rotatable bonds is 16. The molecule has 0 aliphatic heterocycles. The summed E-state index contributed by atoms with van der Waals surface area (Å²) in [5, 5.41) is 0. The zero-order chi connectivity index (χ0) is 18.2. The van der Waals surface area contributed by atoms with Crippen LogP contribution in [-0.4, -0.2) is 16.4 Å². The molecule has 1 aromatic carbocycles. The summed E-state index contributed by atoms with van der Waals surface area (Å²) in [5.41, 5.74) is 0. The van der Waals surface area contributed by atoms with Crippen LogP contribution in [0.5, 0.6) is 5.75 Å². The number of benzene rings is 1. The van der Waals surface area contributed by atoms with E-state index in [0.717, 1.165) is 12.2 Å². The van der Waals surface area contributed by atoms with Gasteiger partial charge in [0.2, 0.25) is 0 Å². The minimum Gasteiger partial charge on any atom is -0.488 e. The van der Waals surface area contributed by atoms with Gasteiger partial charge in [-0.3, -0.25) is 0 Å². The molecule has 0 amide bonds. The van der Waals surface area contributed by atoms with E-state index in [1.54, 1.807) is 0 Å². The van der Waals surface area contributed by atoms with Crippen molar-refractivity contribution >= 4 is 24.4 Å². The molecule has 0 bridgehead atoms. The topological polar surface area (TPSA) is 9.23 Å². The Balaban J connectivity index is 2.33. The Hall–Kier alpha value is -0.280. The number of thioether (sulfide) groups is 1. The summed E-state index contributed by atoms with van der Waals surface area (Å²) in [5.74, 6) is 2.13. The van der Waals surface area contributed by atoms with Gasteiger partial charge in [-0.05, 0) is 37.1 Å². The lowest BCUT2D eigenvalue weighted by molar-refractivity contribution is 0.204. The molecule has 25 heavy (non-hydrogen) atoms. The first-order valence-corrected chi connectivity index (χ1v) is 11.8. The lowest BCUT2D eigenvalue weighted by atomic mass is 10.1. The Morgan fingerprint density at radius 3 is 2.12 bits per heavy atom. The molecule has 0 heterocycles. The zero-order valence-corrected chi connectivity index (χ0v) is 17.9. The van der Waals surface area contributed by atoms with Gasteiger partial charge >= 0.3 is 0 Å². The van der Waals surface area contributed by atoms with Crippen molar-refractivity contribution in [2.75, 3.05) is 5.75 Å². The largest absolute Gasteiger partial charge is 0.488 e. The molecule has 0 saturated heterocycles. The number of para-hydroxylation sites is 1. The molecule has 143 valence electrons. The first kappa shape index (κ1) is 22.8. The van der Waals surface area contributed by atoms with Gasteiger partial charge in [-0.2, -0.15) is 0 Å². The van der Waals surface area contributed by atoms with Crippen molar-refractivity contribution in [3.05, 3.63) is 30.3 Å². The summed E-state index contributed by atoms with van der Waals surface area (Å²) in [6.45, 7) is 4.52. The van der Waals surface area contributed by atoms with E-state index in [0.29, 0.717) is 0 Å². The molecule has 1 radical (unpaired) electrons. The Morgan fingerprint density at radius 1 is 0.840 bits per heavy atom. The van der Waals surface area contributed by atoms with E-state index in [-0.39, 0.29) is 10.7 Å². The normalized spacial score (nSPS) is 13.6. The minimum atomic E-state index is 0.150. The standard InChI is InChI=1S/C22H37OS2/c1-3-5-7-9-10-15-19-25-22(24)21(18-14-8-6-4-2)23-20-16-12-11-13-17-20/h11-13,16-17,21-22H,3-10,14-15,18-19H2,1-2H3. The molecular formula is C22H37OS2.